The number of nitrogens with one attached hydrogen (secondary N) is 1. The van der Waals surface area contributed by atoms with Crippen molar-refractivity contribution in [3.63, 3.8) is 0 Å². The van der Waals surface area contributed by atoms with Gasteiger partial charge in [-0.3, -0.25) is 14.9 Å². The van der Waals surface area contributed by atoms with E-state index in [2.05, 4.69) is 31.2 Å². The fourth-order valence-corrected chi connectivity index (χ4v) is 4.13. The Morgan fingerprint density at radius 3 is 2.70 bits per heavy atom. The minimum Gasteiger partial charge on any atom is -0.328 e. The summed E-state index contributed by atoms with van der Waals surface area (Å²) >= 11 is 3.38. The van der Waals surface area contributed by atoms with Gasteiger partial charge in [-0.15, -0.1) is 0 Å². The maximum atomic E-state index is 14.6. The van der Waals surface area contributed by atoms with Gasteiger partial charge in [0.15, 0.2) is 5.82 Å². The van der Waals surface area contributed by atoms with E-state index >= 15 is 0 Å². The van der Waals surface area contributed by atoms with Crippen molar-refractivity contribution in [3.8, 4) is 0 Å². The van der Waals surface area contributed by atoms with Crippen LogP contribution in [0.2, 0.25) is 0 Å². The number of hydrogen-bond donors (Lipinski definition) is 1. The molecule has 0 unspecified atom stereocenters. The summed E-state index contributed by atoms with van der Waals surface area (Å²) in [6.07, 6.45) is 0.777. The van der Waals surface area contributed by atoms with Crippen molar-refractivity contribution in [2.75, 3.05) is 18.4 Å². The molecule has 1 saturated carbocycles. The number of halogens is 3. The molecule has 1 aliphatic heterocycles. The van der Waals surface area contributed by atoms with E-state index in [1.165, 1.54) is 4.90 Å². The maximum Gasteiger partial charge on any atom is 0.254 e. The van der Waals surface area contributed by atoms with Gasteiger partial charge in [0.25, 0.3) is 5.91 Å². The average molecular weight is 437 g/mol. The number of carbonyl (C=O) groups excluding carboxylic acids is 2. The summed E-state index contributed by atoms with van der Waals surface area (Å²) in [4.78, 5) is 33.8. The molecule has 9 heteroatoms. The molecule has 3 atom stereocenters. The molecule has 2 amide bonds. The Morgan fingerprint density at radius 1 is 1.41 bits per heavy atom. The van der Waals surface area contributed by atoms with Crippen LogP contribution in [0.4, 0.5) is 14.7 Å². The van der Waals surface area contributed by atoms with Crippen molar-refractivity contribution in [1.29, 1.82) is 0 Å². The van der Waals surface area contributed by atoms with Crippen LogP contribution in [0.3, 0.4) is 0 Å². The first-order chi connectivity index (χ1) is 12.8. The Bertz CT molecular complexity index is 929. The van der Waals surface area contributed by atoms with Crippen molar-refractivity contribution in [3.05, 3.63) is 52.0 Å². The highest BCUT2D eigenvalue weighted by Gasteiger charge is 2.67. The van der Waals surface area contributed by atoms with Gasteiger partial charge >= 0.3 is 0 Å². The molecule has 2 aliphatic rings. The van der Waals surface area contributed by atoms with E-state index in [0.29, 0.717) is 11.1 Å². The zero-order valence-electron chi connectivity index (χ0n) is 14.2. The van der Waals surface area contributed by atoms with Crippen molar-refractivity contribution >= 4 is 33.7 Å². The fourth-order valence-electron chi connectivity index (χ4n) is 3.77. The van der Waals surface area contributed by atoms with Crippen LogP contribution >= 0.6 is 15.9 Å². The Hall–Kier alpha value is -2.42. The molecule has 6 nitrogen and oxygen atoms in total. The van der Waals surface area contributed by atoms with E-state index in [4.69, 9.17) is 0 Å². The third-order valence-electron chi connectivity index (χ3n) is 5.29. The minimum atomic E-state index is -1.08. The van der Waals surface area contributed by atoms with E-state index < -0.39 is 23.3 Å². The molecule has 27 heavy (non-hydrogen) atoms. The standard InChI is InChI=1S/C18H15BrF2N4O2/c1-9-15(21)18(9)8-25(16(27)12-3-2-10(19)4-13(12)18)7-14(26)24-17-22-5-11(20)6-23-17/h2-6,9,15H,7-8H2,1H3,(H,22,23,24,26)/t9-,15+,18-/m0/s1. The van der Waals surface area contributed by atoms with Gasteiger partial charge in [-0.2, -0.15) is 0 Å². The van der Waals surface area contributed by atoms with Crippen molar-refractivity contribution in [2.45, 2.75) is 18.5 Å². The molecule has 1 aromatic heterocycles. The number of rotatable bonds is 3. The zero-order chi connectivity index (χ0) is 19.3. The summed E-state index contributed by atoms with van der Waals surface area (Å²) < 4.78 is 28.2. The summed E-state index contributed by atoms with van der Waals surface area (Å²) in [7, 11) is 0. The summed E-state index contributed by atoms with van der Waals surface area (Å²) in [5.41, 5.74) is 0.294. The average Bonchev–Trinajstić information content (AvgIpc) is 3.15. The van der Waals surface area contributed by atoms with Crippen LogP contribution in [0.15, 0.2) is 35.1 Å². The predicted molar refractivity (Wildman–Crippen MR) is 96.4 cm³/mol. The zero-order valence-corrected chi connectivity index (χ0v) is 15.8. The van der Waals surface area contributed by atoms with Crippen LogP contribution in [0, 0.1) is 11.7 Å². The lowest BCUT2D eigenvalue weighted by Crippen LogP contribution is -2.48. The number of carbonyl (C=O) groups is 2. The number of alkyl halides is 1. The molecule has 1 spiro atoms. The van der Waals surface area contributed by atoms with Crippen molar-refractivity contribution in [2.24, 2.45) is 5.92 Å². The monoisotopic (exact) mass is 436 g/mol. The maximum absolute atomic E-state index is 14.6. The summed E-state index contributed by atoms with van der Waals surface area (Å²) in [6, 6.07) is 5.15. The van der Waals surface area contributed by atoms with Gasteiger partial charge in [0.05, 0.1) is 17.8 Å². The highest BCUT2D eigenvalue weighted by atomic mass is 79.9. The number of amides is 2. The Labute approximate surface area is 162 Å². The third-order valence-corrected chi connectivity index (χ3v) is 5.79. The number of aromatic nitrogens is 2. The van der Waals surface area contributed by atoms with Crippen LogP contribution in [-0.4, -0.2) is 45.9 Å². The normalized spacial score (nSPS) is 26.1. The smallest absolute Gasteiger partial charge is 0.254 e. The molecule has 140 valence electrons. The second-order valence-corrected chi connectivity index (χ2v) is 7.77. The number of fused-ring (bicyclic) bond motifs is 2. The van der Waals surface area contributed by atoms with Gasteiger partial charge in [-0.1, -0.05) is 22.9 Å². The minimum absolute atomic E-state index is 0.0620. The molecule has 0 bridgehead atoms. The number of anilines is 1. The first kappa shape index (κ1) is 18.0. The number of benzene rings is 1. The Morgan fingerprint density at radius 2 is 2.07 bits per heavy atom. The topological polar surface area (TPSA) is 75.2 Å². The molecule has 1 N–H and O–H groups in total. The fraction of sp³-hybridized carbons (Fsp3) is 0.333. The number of nitrogens with zero attached hydrogens (tertiary/aromatic N) is 3. The van der Waals surface area contributed by atoms with Crippen molar-refractivity contribution < 1.29 is 18.4 Å². The summed E-state index contributed by atoms with van der Waals surface area (Å²) in [5, 5.41) is 2.42. The van der Waals surface area contributed by atoms with E-state index in [-0.39, 0.29) is 30.9 Å². The lowest BCUT2D eigenvalue weighted by molar-refractivity contribution is -0.117. The van der Waals surface area contributed by atoms with Gasteiger partial charge in [0.2, 0.25) is 11.9 Å². The second-order valence-electron chi connectivity index (χ2n) is 6.85. The van der Waals surface area contributed by atoms with E-state index in [0.717, 1.165) is 16.9 Å². The van der Waals surface area contributed by atoms with Crippen LogP contribution in [0.25, 0.3) is 0 Å². The van der Waals surface area contributed by atoms with E-state index in [1.54, 1.807) is 25.1 Å². The van der Waals surface area contributed by atoms with Gasteiger partial charge in [-0.25, -0.2) is 18.7 Å². The Kier molecular flexibility index (Phi) is 4.21. The van der Waals surface area contributed by atoms with E-state index in [1.807, 2.05) is 0 Å². The summed E-state index contributed by atoms with van der Waals surface area (Å²) in [6.45, 7) is 1.65. The number of hydrogen-bond acceptors (Lipinski definition) is 4. The molecular weight excluding hydrogens is 422 g/mol. The highest BCUT2D eigenvalue weighted by Crippen LogP contribution is 2.59. The molecule has 1 aliphatic carbocycles. The molecule has 0 radical (unpaired) electrons. The molecule has 1 aromatic carbocycles. The quantitative estimate of drug-likeness (QED) is 0.802. The lowest BCUT2D eigenvalue weighted by atomic mass is 9.84. The van der Waals surface area contributed by atoms with E-state index in [9.17, 15) is 18.4 Å². The predicted octanol–water partition coefficient (Wildman–Crippen LogP) is 2.70. The van der Waals surface area contributed by atoms with Crippen LogP contribution in [0.5, 0.6) is 0 Å². The van der Waals surface area contributed by atoms with Gasteiger partial charge in [0.1, 0.15) is 12.7 Å². The molecule has 2 aromatic rings. The molecule has 2 heterocycles. The van der Waals surface area contributed by atoms with Gasteiger partial charge in [-0.05, 0) is 23.8 Å². The SMILES string of the molecule is C[C@H]1[C@@H](F)[C@@]12CN(CC(=O)Nc1ncc(F)cn1)C(=O)c1ccc(Br)cc12. The van der Waals surface area contributed by atoms with Gasteiger partial charge in [0, 0.05) is 22.5 Å². The van der Waals surface area contributed by atoms with Crippen molar-refractivity contribution in [1.82, 2.24) is 14.9 Å². The Balaban J connectivity index is 1.57. The van der Waals surface area contributed by atoms with Crippen LogP contribution in [0.1, 0.15) is 22.8 Å². The first-order valence-corrected chi connectivity index (χ1v) is 9.13. The van der Waals surface area contributed by atoms with Crippen LogP contribution < -0.4 is 5.32 Å². The molecular formula is C18H15BrF2N4O2. The first-order valence-electron chi connectivity index (χ1n) is 8.33. The summed E-state index contributed by atoms with van der Waals surface area (Å²) in [5.74, 6) is -1.79. The molecule has 1 fully saturated rings. The highest BCUT2D eigenvalue weighted by molar-refractivity contribution is 9.10. The lowest BCUT2D eigenvalue weighted by Gasteiger charge is -2.34. The third kappa shape index (κ3) is 2.90. The largest absolute Gasteiger partial charge is 0.328 e. The van der Waals surface area contributed by atoms with Crippen LogP contribution in [-0.2, 0) is 10.2 Å². The van der Waals surface area contributed by atoms with Gasteiger partial charge < -0.3 is 4.90 Å². The molecule has 4 rings (SSSR count). The second kappa shape index (κ2) is 6.33. The molecule has 0 saturated heterocycles.